The molecule has 1 aromatic carbocycles. The lowest BCUT2D eigenvalue weighted by Gasteiger charge is -2.21. The summed E-state index contributed by atoms with van der Waals surface area (Å²) < 4.78 is 15.0. The lowest BCUT2D eigenvalue weighted by molar-refractivity contribution is -0.119. The summed E-state index contributed by atoms with van der Waals surface area (Å²) in [6.45, 7) is 1.93. The Morgan fingerprint density at radius 3 is 2.60 bits per heavy atom. The Hall–Kier alpha value is -2.41. The number of fused-ring (bicyclic) bond motifs is 1. The molecular weight excluding hydrogens is 399 g/mol. The molecular formula is C23H27FN4OS. The van der Waals surface area contributed by atoms with E-state index in [2.05, 4.69) is 15.4 Å². The second-order valence-corrected chi connectivity index (χ2v) is 8.93. The molecule has 1 amide bonds. The van der Waals surface area contributed by atoms with Gasteiger partial charge in [0, 0.05) is 17.3 Å². The van der Waals surface area contributed by atoms with Crippen LogP contribution in [0.15, 0.2) is 41.6 Å². The highest BCUT2D eigenvalue weighted by atomic mass is 32.2. The van der Waals surface area contributed by atoms with Gasteiger partial charge < -0.3 is 5.32 Å². The minimum Gasteiger partial charge on any atom is -0.353 e. The van der Waals surface area contributed by atoms with Crippen molar-refractivity contribution in [1.82, 2.24) is 19.9 Å². The third kappa shape index (κ3) is 5.01. The van der Waals surface area contributed by atoms with Crippen molar-refractivity contribution in [2.45, 2.75) is 62.9 Å². The van der Waals surface area contributed by atoms with E-state index in [9.17, 15) is 9.18 Å². The van der Waals surface area contributed by atoms with E-state index in [1.807, 2.05) is 13.0 Å². The Bertz CT molecular complexity index is 1010. The van der Waals surface area contributed by atoms with Crippen LogP contribution in [0.5, 0.6) is 0 Å². The molecule has 2 heterocycles. The molecule has 7 heteroatoms. The largest absolute Gasteiger partial charge is 0.353 e. The van der Waals surface area contributed by atoms with E-state index in [0.29, 0.717) is 17.4 Å². The van der Waals surface area contributed by atoms with Crippen molar-refractivity contribution >= 4 is 23.3 Å². The first-order chi connectivity index (χ1) is 14.6. The van der Waals surface area contributed by atoms with E-state index >= 15 is 0 Å². The van der Waals surface area contributed by atoms with Gasteiger partial charge >= 0.3 is 0 Å². The number of hydrogen-bond acceptors (Lipinski definition) is 4. The Labute approximate surface area is 180 Å². The van der Waals surface area contributed by atoms with E-state index in [0.717, 1.165) is 34.7 Å². The molecule has 4 rings (SSSR count). The van der Waals surface area contributed by atoms with Gasteiger partial charge in [0.15, 0.2) is 5.65 Å². The van der Waals surface area contributed by atoms with Crippen molar-refractivity contribution < 1.29 is 9.18 Å². The molecule has 0 bridgehead atoms. The molecule has 1 saturated carbocycles. The minimum atomic E-state index is -0.272. The van der Waals surface area contributed by atoms with Crippen molar-refractivity contribution in [3.63, 3.8) is 0 Å². The summed E-state index contributed by atoms with van der Waals surface area (Å²) in [5, 5.41) is 8.57. The molecule has 1 aliphatic rings. The second-order valence-electron chi connectivity index (χ2n) is 7.93. The molecule has 0 spiro atoms. The molecule has 0 atom stereocenters. The van der Waals surface area contributed by atoms with Crippen LogP contribution >= 0.6 is 11.8 Å². The van der Waals surface area contributed by atoms with Crippen LogP contribution in [-0.4, -0.2) is 32.3 Å². The number of benzene rings is 1. The number of carbonyl (C=O) groups is 1. The summed E-state index contributed by atoms with van der Waals surface area (Å²) in [6, 6.07) is 8.57. The highest BCUT2D eigenvalue weighted by Crippen LogP contribution is 2.28. The average molecular weight is 427 g/mol. The van der Waals surface area contributed by atoms with E-state index in [1.54, 1.807) is 22.8 Å². The number of aryl methyl sites for hydroxylation is 1. The maximum atomic E-state index is 13.3. The lowest BCUT2D eigenvalue weighted by Crippen LogP contribution is -2.36. The van der Waals surface area contributed by atoms with Gasteiger partial charge in [0.1, 0.15) is 10.8 Å². The predicted molar refractivity (Wildman–Crippen MR) is 118 cm³/mol. The molecule has 2 aromatic heterocycles. The van der Waals surface area contributed by atoms with Gasteiger partial charge in [-0.05, 0) is 43.5 Å². The topological polar surface area (TPSA) is 59.3 Å². The van der Waals surface area contributed by atoms with Gasteiger partial charge in [-0.3, -0.25) is 4.79 Å². The number of rotatable bonds is 5. The zero-order valence-electron chi connectivity index (χ0n) is 17.2. The zero-order valence-corrected chi connectivity index (χ0v) is 18.1. The molecule has 0 radical (unpaired) electrons. The number of nitrogens with one attached hydrogen (secondary N) is 1. The molecule has 1 fully saturated rings. The fraction of sp³-hybridized carbons (Fsp3) is 0.435. The van der Waals surface area contributed by atoms with Crippen molar-refractivity contribution in [3.8, 4) is 11.1 Å². The first-order valence-corrected chi connectivity index (χ1v) is 11.6. The molecule has 0 unspecified atom stereocenters. The Balaban J connectivity index is 1.47. The third-order valence-electron chi connectivity index (χ3n) is 5.54. The quantitative estimate of drug-likeness (QED) is 0.452. The van der Waals surface area contributed by atoms with Crippen molar-refractivity contribution in [2.24, 2.45) is 0 Å². The Morgan fingerprint density at radius 2 is 1.87 bits per heavy atom. The molecule has 3 aromatic rings. The summed E-state index contributed by atoms with van der Waals surface area (Å²) in [6.07, 6.45) is 10.1. The lowest BCUT2D eigenvalue weighted by atomic mass is 9.97. The maximum Gasteiger partial charge on any atom is 0.230 e. The van der Waals surface area contributed by atoms with Crippen LogP contribution in [0.1, 0.15) is 50.6 Å². The van der Waals surface area contributed by atoms with Crippen LogP contribution in [0.3, 0.4) is 0 Å². The number of hydrogen-bond donors (Lipinski definition) is 1. The van der Waals surface area contributed by atoms with Crippen molar-refractivity contribution in [2.75, 3.05) is 5.75 Å². The molecule has 1 aliphatic carbocycles. The fourth-order valence-corrected chi connectivity index (χ4v) is 4.87. The number of thioether (sulfide) groups is 1. The second kappa shape index (κ2) is 9.60. The van der Waals surface area contributed by atoms with Gasteiger partial charge in [0.2, 0.25) is 5.91 Å². The van der Waals surface area contributed by atoms with Crippen LogP contribution < -0.4 is 5.32 Å². The van der Waals surface area contributed by atoms with Crippen LogP contribution in [0.4, 0.5) is 4.39 Å². The predicted octanol–water partition coefficient (Wildman–Crippen LogP) is 5.17. The summed E-state index contributed by atoms with van der Waals surface area (Å²) in [7, 11) is 0. The van der Waals surface area contributed by atoms with Crippen LogP contribution in [0.2, 0.25) is 0 Å². The summed E-state index contributed by atoms with van der Waals surface area (Å²) in [5.41, 5.74) is 3.28. The summed E-state index contributed by atoms with van der Waals surface area (Å²) in [5.74, 6) is 0.144. The smallest absolute Gasteiger partial charge is 0.230 e. The van der Waals surface area contributed by atoms with Gasteiger partial charge in [0.25, 0.3) is 0 Å². The van der Waals surface area contributed by atoms with E-state index < -0.39 is 0 Å². The van der Waals surface area contributed by atoms with Gasteiger partial charge in [0.05, 0.1) is 11.9 Å². The molecule has 0 aliphatic heterocycles. The number of carbonyl (C=O) groups excluding carboxylic acids is 1. The molecule has 30 heavy (non-hydrogen) atoms. The fourth-order valence-electron chi connectivity index (χ4n) is 4.00. The van der Waals surface area contributed by atoms with Crippen LogP contribution in [0, 0.1) is 12.7 Å². The molecule has 0 saturated heterocycles. The Kier molecular flexibility index (Phi) is 6.67. The monoisotopic (exact) mass is 426 g/mol. The standard InChI is InChI=1S/C23H27FN4OS/c1-16-13-22(30-15-21(29)27-19-7-5-3-2-4-6-8-19)28-23(26-16)20(14-25-28)17-9-11-18(24)12-10-17/h9-14,19H,2-8,15H2,1H3,(H,27,29). The van der Waals surface area contributed by atoms with Crippen LogP contribution in [-0.2, 0) is 4.79 Å². The minimum absolute atomic E-state index is 0.0686. The number of halogens is 1. The van der Waals surface area contributed by atoms with Crippen molar-refractivity contribution in [3.05, 3.63) is 48.0 Å². The zero-order chi connectivity index (χ0) is 20.9. The first kappa shape index (κ1) is 20.8. The SMILES string of the molecule is Cc1cc(SCC(=O)NC2CCCCCCC2)n2ncc(-c3ccc(F)cc3)c2n1. The summed E-state index contributed by atoms with van der Waals surface area (Å²) in [4.78, 5) is 17.2. The number of nitrogens with zero attached hydrogens (tertiary/aromatic N) is 3. The van der Waals surface area contributed by atoms with Gasteiger partial charge in [-0.15, -0.1) is 0 Å². The van der Waals surface area contributed by atoms with E-state index in [1.165, 1.54) is 56.0 Å². The highest BCUT2D eigenvalue weighted by Gasteiger charge is 2.16. The number of amides is 1. The first-order valence-electron chi connectivity index (χ1n) is 10.6. The maximum absolute atomic E-state index is 13.3. The third-order valence-corrected chi connectivity index (χ3v) is 6.54. The highest BCUT2D eigenvalue weighted by molar-refractivity contribution is 7.99. The molecule has 1 N–H and O–H groups in total. The van der Waals surface area contributed by atoms with Gasteiger partial charge in [-0.2, -0.15) is 5.10 Å². The number of aromatic nitrogens is 3. The van der Waals surface area contributed by atoms with Gasteiger partial charge in [-0.1, -0.05) is 56.0 Å². The van der Waals surface area contributed by atoms with E-state index in [-0.39, 0.29) is 11.7 Å². The van der Waals surface area contributed by atoms with Crippen molar-refractivity contribution in [1.29, 1.82) is 0 Å². The van der Waals surface area contributed by atoms with E-state index in [4.69, 9.17) is 0 Å². The molecule has 5 nitrogen and oxygen atoms in total. The normalized spacial score (nSPS) is 15.7. The molecule has 158 valence electrons. The van der Waals surface area contributed by atoms with Gasteiger partial charge in [-0.25, -0.2) is 13.9 Å². The summed E-state index contributed by atoms with van der Waals surface area (Å²) >= 11 is 1.47. The average Bonchev–Trinajstić information content (AvgIpc) is 3.12. The Morgan fingerprint density at radius 1 is 1.17 bits per heavy atom. The van der Waals surface area contributed by atoms with Crippen LogP contribution in [0.25, 0.3) is 16.8 Å².